The van der Waals surface area contributed by atoms with Gasteiger partial charge in [0.05, 0.1) is 15.5 Å². The zero-order valence-electron chi connectivity index (χ0n) is 14.3. The molecule has 8 nitrogen and oxygen atoms in total. The molecular formula is C17H11ClF3N3O5. The van der Waals surface area contributed by atoms with Crippen LogP contribution in [0, 0.1) is 10.1 Å². The van der Waals surface area contributed by atoms with E-state index in [0.717, 1.165) is 6.08 Å². The van der Waals surface area contributed by atoms with Gasteiger partial charge < -0.3 is 10.1 Å². The van der Waals surface area contributed by atoms with E-state index in [1.54, 1.807) is 0 Å². The maximum atomic E-state index is 12.5. The fourth-order valence-electron chi connectivity index (χ4n) is 1.94. The van der Waals surface area contributed by atoms with E-state index in [2.05, 4.69) is 15.0 Å². The van der Waals surface area contributed by atoms with Gasteiger partial charge in [-0.1, -0.05) is 23.7 Å². The molecule has 2 aromatic rings. The second-order valence-corrected chi connectivity index (χ2v) is 5.80. The van der Waals surface area contributed by atoms with Crippen molar-refractivity contribution in [2.75, 3.05) is 11.9 Å². The summed E-state index contributed by atoms with van der Waals surface area (Å²) in [5.41, 5.74) is -0.889. The molecule has 0 radical (unpaired) electrons. The third-order valence-electron chi connectivity index (χ3n) is 3.26. The Morgan fingerprint density at radius 1 is 1.31 bits per heavy atom. The molecule has 0 fully saturated rings. The fraction of sp³-hybridized carbons (Fsp3) is 0.118. The molecule has 1 N–H and O–H groups in total. The highest BCUT2D eigenvalue weighted by molar-refractivity contribution is 6.33. The minimum Gasteiger partial charge on any atom is -0.452 e. The van der Waals surface area contributed by atoms with Gasteiger partial charge in [0.1, 0.15) is 0 Å². The van der Waals surface area contributed by atoms with Crippen molar-refractivity contribution in [1.82, 2.24) is 4.98 Å². The maximum Gasteiger partial charge on any atom is 0.417 e. The standard InChI is InChI=1S/C17H11ClF3N3O5/c18-13-7-11(17(19,20)21)8-22-16(13)23-14(25)9-29-15(26)5-4-10-2-1-3-12(6-10)24(27)28/h1-8H,9H2,(H,22,23,25). The average Bonchev–Trinajstić information content (AvgIpc) is 2.65. The summed E-state index contributed by atoms with van der Waals surface area (Å²) in [4.78, 5) is 36.9. The Morgan fingerprint density at radius 3 is 2.66 bits per heavy atom. The Kier molecular flexibility index (Phi) is 6.89. The van der Waals surface area contributed by atoms with Gasteiger partial charge in [0, 0.05) is 24.4 Å². The smallest absolute Gasteiger partial charge is 0.417 e. The first-order chi connectivity index (χ1) is 13.6. The number of anilines is 1. The van der Waals surface area contributed by atoms with Gasteiger partial charge in [-0.25, -0.2) is 9.78 Å². The van der Waals surface area contributed by atoms with Crippen molar-refractivity contribution < 1.29 is 32.4 Å². The number of amides is 1. The average molecular weight is 430 g/mol. The Balaban J connectivity index is 1.90. The van der Waals surface area contributed by atoms with Crippen molar-refractivity contribution in [1.29, 1.82) is 0 Å². The van der Waals surface area contributed by atoms with Crippen LogP contribution >= 0.6 is 11.6 Å². The summed E-state index contributed by atoms with van der Waals surface area (Å²) in [6.45, 7) is -0.753. The van der Waals surface area contributed by atoms with Gasteiger partial charge in [-0.2, -0.15) is 13.2 Å². The van der Waals surface area contributed by atoms with Crippen LogP contribution in [0.2, 0.25) is 5.02 Å². The molecule has 0 unspecified atom stereocenters. The van der Waals surface area contributed by atoms with Crippen LogP contribution in [-0.2, 0) is 20.5 Å². The van der Waals surface area contributed by atoms with Gasteiger partial charge in [0.15, 0.2) is 12.4 Å². The van der Waals surface area contributed by atoms with Gasteiger partial charge in [-0.15, -0.1) is 0 Å². The van der Waals surface area contributed by atoms with Crippen LogP contribution in [0.5, 0.6) is 0 Å². The van der Waals surface area contributed by atoms with E-state index in [9.17, 15) is 32.9 Å². The first kappa shape index (κ1) is 21.8. The number of nitrogens with one attached hydrogen (secondary N) is 1. The van der Waals surface area contributed by atoms with Crippen molar-refractivity contribution in [3.8, 4) is 0 Å². The predicted molar refractivity (Wildman–Crippen MR) is 96.0 cm³/mol. The molecule has 1 aromatic heterocycles. The number of esters is 1. The molecule has 0 saturated carbocycles. The number of aromatic nitrogens is 1. The topological polar surface area (TPSA) is 111 Å². The van der Waals surface area contributed by atoms with Gasteiger partial charge in [-0.05, 0) is 17.7 Å². The summed E-state index contributed by atoms with van der Waals surface area (Å²) in [6, 6.07) is 6.05. The third kappa shape index (κ3) is 6.57. The van der Waals surface area contributed by atoms with E-state index in [1.807, 2.05) is 0 Å². The molecule has 1 aromatic carbocycles. The summed E-state index contributed by atoms with van der Waals surface area (Å²) >= 11 is 5.65. The minimum absolute atomic E-state index is 0.166. The number of nitrogens with zero attached hydrogens (tertiary/aromatic N) is 2. The first-order valence-electron chi connectivity index (χ1n) is 7.68. The van der Waals surface area contributed by atoms with Crippen LogP contribution in [0.25, 0.3) is 6.08 Å². The fourth-order valence-corrected chi connectivity index (χ4v) is 2.16. The lowest BCUT2D eigenvalue weighted by molar-refractivity contribution is -0.384. The third-order valence-corrected chi connectivity index (χ3v) is 3.55. The zero-order valence-corrected chi connectivity index (χ0v) is 15.0. The highest BCUT2D eigenvalue weighted by Gasteiger charge is 2.31. The van der Waals surface area contributed by atoms with Crippen LogP contribution in [-0.4, -0.2) is 28.4 Å². The number of benzene rings is 1. The molecular weight excluding hydrogens is 419 g/mol. The number of halogens is 4. The van der Waals surface area contributed by atoms with Gasteiger partial charge in [-0.3, -0.25) is 14.9 Å². The number of nitro benzene ring substituents is 1. The molecule has 0 aliphatic carbocycles. The Hall–Kier alpha value is -3.47. The molecule has 1 heterocycles. The molecule has 29 heavy (non-hydrogen) atoms. The van der Waals surface area contributed by atoms with Crippen LogP contribution < -0.4 is 5.32 Å². The molecule has 152 valence electrons. The SMILES string of the molecule is O=C(COC(=O)C=Cc1cccc([N+](=O)[O-])c1)Nc1ncc(C(F)(F)F)cc1Cl. The molecule has 1 amide bonds. The lowest BCUT2D eigenvalue weighted by Gasteiger charge is -2.10. The summed E-state index contributed by atoms with van der Waals surface area (Å²) in [5, 5.41) is 12.4. The van der Waals surface area contributed by atoms with E-state index >= 15 is 0 Å². The summed E-state index contributed by atoms with van der Waals surface area (Å²) in [5.74, 6) is -2.12. The number of hydrogen-bond donors (Lipinski definition) is 1. The number of carbonyl (C=O) groups is 2. The van der Waals surface area contributed by atoms with Crippen molar-refractivity contribution >= 4 is 41.1 Å². The number of non-ortho nitro benzene ring substituents is 1. The highest BCUT2D eigenvalue weighted by atomic mass is 35.5. The van der Waals surface area contributed by atoms with E-state index in [1.165, 1.54) is 30.3 Å². The zero-order chi connectivity index (χ0) is 21.6. The largest absolute Gasteiger partial charge is 0.452 e. The molecule has 0 atom stereocenters. The maximum absolute atomic E-state index is 12.5. The number of carbonyl (C=O) groups excluding carboxylic acids is 2. The molecule has 2 rings (SSSR count). The van der Waals surface area contributed by atoms with Crippen LogP contribution in [0.4, 0.5) is 24.7 Å². The Labute approximate surface area is 166 Å². The second kappa shape index (κ2) is 9.15. The van der Waals surface area contributed by atoms with Gasteiger partial charge in [0.25, 0.3) is 11.6 Å². The minimum atomic E-state index is -4.64. The summed E-state index contributed by atoms with van der Waals surface area (Å²) in [6.07, 6.45) is -1.94. The van der Waals surface area contributed by atoms with E-state index in [4.69, 9.17) is 11.6 Å². The van der Waals surface area contributed by atoms with Crippen LogP contribution in [0.1, 0.15) is 11.1 Å². The molecule has 0 aliphatic rings. The van der Waals surface area contributed by atoms with Crippen molar-refractivity contribution in [3.05, 3.63) is 68.9 Å². The number of rotatable bonds is 6. The molecule has 0 aliphatic heterocycles. The molecule has 12 heteroatoms. The molecule has 0 spiro atoms. The van der Waals surface area contributed by atoms with E-state index in [-0.39, 0.29) is 11.5 Å². The van der Waals surface area contributed by atoms with Crippen LogP contribution in [0.3, 0.4) is 0 Å². The number of alkyl halides is 3. The normalized spacial score (nSPS) is 11.3. The first-order valence-corrected chi connectivity index (χ1v) is 8.06. The number of pyridine rings is 1. The second-order valence-electron chi connectivity index (χ2n) is 5.39. The van der Waals surface area contributed by atoms with Crippen molar-refractivity contribution in [3.63, 3.8) is 0 Å². The van der Waals surface area contributed by atoms with E-state index < -0.39 is 40.2 Å². The highest BCUT2D eigenvalue weighted by Crippen LogP contribution is 2.32. The monoisotopic (exact) mass is 429 g/mol. The van der Waals surface area contributed by atoms with Gasteiger partial charge in [0.2, 0.25) is 0 Å². The number of hydrogen-bond acceptors (Lipinski definition) is 6. The van der Waals surface area contributed by atoms with Crippen molar-refractivity contribution in [2.45, 2.75) is 6.18 Å². The Bertz CT molecular complexity index is 979. The lowest BCUT2D eigenvalue weighted by Crippen LogP contribution is -2.21. The Morgan fingerprint density at radius 2 is 2.03 bits per heavy atom. The van der Waals surface area contributed by atoms with Gasteiger partial charge >= 0.3 is 12.1 Å². The summed E-state index contributed by atoms with van der Waals surface area (Å²) in [7, 11) is 0. The van der Waals surface area contributed by atoms with Crippen LogP contribution in [0.15, 0.2) is 42.6 Å². The number of ether oxygens (including phenoxy) is 1. The van der Waals surface area contributed by atoms with Crippen molar-refractivity contribution in [2.24, 2.45) is 0 Å². The lowest BCUT2D eigenvalue weighted by atomic mass is 10.2. The van der Waals surface area contributed by atoms with E-state index in [0.29, 0.717) is 17.8 Å². The quantitative estimate of drug-likeness (QED) is 0.323. The number of nitro groups is 1. The predicted octanol–water partition coefficient (Wildman–Crippen LogP) is 3.86. The molecule has 0 saturated heterocycles. The molecule has 0 bridgehead atoms. The summed E-state index contributed by atoms with van der Waals surface area (Å²) < 4.78 is 42.3.